The summed E-state index contributed by atoms with van der Waals surface area (Å²) in [7, 11) is 0. The SMILES string of the molecule is O=C(Nc1nnc(-c2ccccc2)s1)C1COc2ccccc2O1. The molecule has 0 saturated heterocycles. The molecule has 1 aliphatic rings. The minimum atomic E-state index is -0.719. The first-order valence-corrected chi connectivity index (χ1v) is 8.19. The molecular weight excluding hydrogens is 326 g/mol. The zero-order valence-electron chi connectivity index (χ0n) is 12.5. The summed E-state index contributed by atoms with van der Waals surface area (Å²) in [4.78, 5) is 12.3. The summed E-state index contributed by atoms with van der Waals surface area (Å²) in [5, 5.41) is 12.0. The quantitative estimate of drug-likeness (QED) is 0.794. The van der Waals surface area contributed by atoms with E-state index in [1.165, 1.54) is 11.3 Å². The van der Waals surface area contributed by atoms with E-state index in [1.807, 2.05) is 42.5 Å². The van der Waals surface area contributed by atoms with Gasteiger partial charge in [-0.05, 0) is 12.1 Å². The predicted molar refractivity (Wildman–Crippen MR) is 90.3 cm³/mol. The van der Waals surface area contributed by atoms with Gasteiger partial charge >= 0.3 is 0 Å². The molecule has 4 rings (SSSR count). The van der Waals surface area contributed by atoms with Gasteiger partial charge in [-0.2, -0.15) is 0 Å². The number of anilines is 1. The number of carbonyl (C=O) groups is 1. The van der Waals surface area contributed by atoms with Gasteiger partial charge in [0.25, 0.3) is 5.91 Å². The topological polar surface area (TPSA) is 73.3 Å². The van der Waals surface area contributed by atoms with Gasteiger partial charge in [0.2, 0.25) is 11.2 Å². The van der Waals surface area contributed by atoms with Crippen molar-refractivity contribution in [3.63, 3.8) is 0 Å². The second kappa shape index (κ2) is 6.29. The Hall–Kier alpha value is -2.93. The molecule has 0 spiro atoms. The Morgan fingerprint density at radius 2 is 1.79 bits per heavy atom. The Bertz CT molecular complexity index is 866. The highest BCUT2D eigenvalue weighted by atomic mass is 32.1. The lowest BCUT2D eigenvalue weighted by atomic mass is 10.2. The molecule has 24 heavy (non-hydrogen) atoms. The number of amides is 1. The molecule has 2 heterocycles. The molecule has 7 heteroatoms. The molecule has 3 aromatic rings. The van der Waals surface area contributed by atoms with Crippen molar-refractivity contribution in [2.75, 3.05) is 11.9 Å². The lowest BCUT2D eigenvalue weighted by Crippen LogP contribution is -2.40. The van der Waals surface area contributed by atoms with Crippen LogP contribution in [0.15, 0.2) is 54.6 Å². The zero-order chi connectivity index (χ0) is 16.4. The fourth-order valence-electron chi connectivity index (χ4n) is 2.31. The number of fused-ring (bicyclic) bond motifs is 1. The van der Waals surface area contributed by atoms with Crippen molar-refractivity contribution in [3.8, 4) is 22.1 Å². The zero-order valence-corrected chi connectivity index (χ0v) is 13.3. The van der Waals surface area contributed by atoms with Crippen molar-refractivity contribution < 1.29 is 14.3 Å². The summed E-state index contributed by atoms with van der Waals surface area (Å²) >= 11 is 1.31. The third-order valence-electron chi connectivity index (χ3n) is 3.48. The maximum Gasteiger partial charge on any atom is 0.270 e. The Labute approximate surface area is 142 Å². The second-order valence-electron chi connectivity index (χ2n) is 5.13. The van der Waals surface area contributed by atoms with Gasteiger partial charge in [0.15, 0.2) is 11.5 Å². The number of ether oxygens (including phenoxy) is 2. The number of carbonyl (C=O) groups excluding carboxylic acids is 1. The van der Waals surface area contributed by atoms with Crippen molar-refractivity contribution in [2.45, 2.75) is 6.10 Å². The van der Waals surface area contributed by atoms with Crippen LogP contribution >= 0.6 is 11.3 Å². The van der Waals surface area contributed by atoms with Crippen LogP contribution in [0, 0.1) is 0 Å². The highest BCUT2D eigenvalue weighted by Gasteiger charge is 2.28. The summed E-state index contributed by atoms with van der Waals surface area (Å²) in [5.41, 5.74) is 0.960. The standard InChI is InChI=1S/C17H13N3O3S/c21-15(14-10-22-12-8-4-5-9-13(12)23-14)18-17-20-19-16(24-17)11-6-2-1-3-7-11/h1-9,14H,10H2,(H,18,20,21). The van der Waals surface area contributed by atoms with Crippen LogP contribution in [0.4, 0.5) is 5.13 Å². The van der Waals surface area contributed by atoms with Gasteiger partial charge in [0.05, 0.1) is 0 Å². The molecule has 6 nitrogen and oxygen atoms in total. The molecular formula is C17H13N3O3S. The van der Waals surface area contributed by atoms with Gasteiger partial charge in [-0.3, -0.25) is 10.1 Å². The van der Waals surface area contributed by atoms with Crippen molar-refractivity contribution in [1.29, 1.82) is 0 Å². The molecule has 1 unspecified atom stereocenters. The number of nitrogens with one attached hydrogen (secondary N) is 1. The summed E-state index contributed by atoms with van der Waals surface area (Å²) in [5.74, 6) is 0.898. The van der Waals surface area contributed by atoms with E-state index in [0.29, 0.717) is 16.6 Å². The van der Waals surface area contributed by atoms with E-state index in [0.717, 1.165) is 10.6 Å². The number of hydrogen-bond donors (Lipinski definition) is 1. The van der Waals surface area contributed by atoms with Crippen molar-refractivity contribution in [1.82, 2.24) is 10.2 Å². The Morgan fingerprint density at radius 1 is 1.04 bits per heavy atom. The minimum Gasteiger partial charge on any atom is -0.485 e. The van der Waals surface area contributed by atoms with E-state index in [9.17, 15) is 4.79 Å². The molecule has 2 aromatic carbocycles. The first-order valence-electron chi connectivity index (χ1n) is 7.38. The van der Waals surface area contributed by atoms with Gasteiger partial charge < -0.3 is 9.47 Å². The molecule has 1 amide bonds. The molecule has 1 aromatic heterocycles. The summed E-state index contributed by atoms with van der Waals surface area (Å²) in [6, 6.07) is 17.0. The third-order valence-corrected chi connectivity index (χ3v) is 4.36. The van der Waals surface area contributed by atoms with E-state index in [-0.39, 0.29) is 12.5 Å². The molecule has 0 aliphatic carbocycles. The third kappa shape index (κ3) is 2.93. The van der Waals surface area contributed by atoms with E-state index >= 15 is 0 Å². The number of hydrogen-bond acceptors (Lipinski definition) is 6. The first-order chi connectivity index (χ1) is 11.8. The first kappa shape index (κ1) is 14.6. The van der Waals surface area contributed by atoms with E-state index in [2.05, 4.69) is 15.5 Å². The Balaban J connectivity index is 1.45. The van der Waals surface area contributed by atoms with Crippen LogP contribution in [0.5, 0.6) is 11.5 Å². The van der Waals surface area contributed by atoms with Crippen LogP contribution in [-0.2, 0) is 4.79 Å². The van der Waals surface area contributed by atoms with Crippen molar-refractivity contribution in [3.05, 3.63) is 54.6 Å². The smallest absolute Gasteiger partial charge is 0.270 e. The largest absolute Gasteiger partial charge is 0.485 e. The monoisotopic (exact) mass is 339 g/mol. The molecule has 120 valence electrons. The van der Waals surface area contributed by atoms with Gasteiger partial charge in [0.1, 0.15) is 11.6 Å². The van der Waals surface area contributed by atoms with Gasteiger partial charge in [-0.25, -0.2) is 0 Å². The molecule has 0 saturated carbocycles. The van der Waals surface area contributed by atoms with Crippen LogP contribution in [0.25, 0.3) is 10.6 Å². The van der Waals surface area contributed by atoms with Crippen LogP contribution in [-0.4, -0.2) is 28.8 Å². The molecule has 1 N–H and O–H groups in total. The van der Waals surface area contributed by atoms with E-state index in [4.69, 9.17) is 9.47 Å². The fraction of sp³-hybridized carbons (Fsp3) is 0.118. The van der Waals surface area contributed by atoms with Gasteiger partial charge in [0, 0.05) is 5.56 Å². The highest BCUT2D eigenvalue weighted by molar-refractivity contribution is 7.18. The van der Waals surface area contributed by atoms with Crippen LogP contribution in [0.2, 0.25) is 0 Å². The lowest BCUT2D eigenvalue weighted by molar-refractivity contribution is -0.125. The highest BCUT2D eigenvalue weighted by Crippen LogP contribution is 2.31. The summed E-state index contributed by atoms with van der Waals surface area (Å²) in [6.45, 7) is 0.160. The van der Waals surface area contributed by atoms with Gasteiger partial charge in [-0.1, -0.05) is 53.8 Å². The lowest BCUT2D eigenvalue weighted by Gasteiger charge is -2.25. The van der Waals surface area contributed by atoms with Gasteiger partial charge in [-0.15, -0.1) is 10.2 Å². The van der Waals surface area contributed by atoms with Crippen molar-refractivity contribution in [2.24, 2.45) is 0 Å². The molecule has 0 bridgehead atoms. The van der Waals surface area contributed by atoms with Crippen LogP contribution < -0.4 is 14.8 Å². The second-order valence-corrected chi connectivity index (χ2v) is 6.11. The average molecular weight is 339 g/mol. The predicted octanol–water partition coefficient (Wildman–Crippen LogP) is 2.98. The molecule has 0 fully saturated rings. The maximum absolute atomic E-state index is 12.3. The maximum atomic E-state index is 12.3. The summed E-state index contributed by atoms with van der Waals surface area (Å²) in [6.07, 6.45) is -0.719. The normalized spacial score (nSPS) is 15.8. The average Bonchev–Trinajstić information content (AvgIpc) is 3.10. The Morgan fingerprint density at radius 3 is 2.62 bits per heavy atom. The molecule has 0 radical (unpaired) electrons. The fourth-order valence-corrected chi connectivity index (χ4v) is 3.06. The van der Waals surface area contributed by atoms with Crippen LogP contribution in [0.3, 0.4) is 0 Å². The summed E-state index contributed by atoms with van der Waals surface area (Å²) < 4.78 is 11.2. The molecule has 1 atom stereocenters. The number of nitrogens with zero attached hydrogens (tertiary/aromatic N) is 2. The number of para-hydroxylation sites is 2. The Kier molecular flexibility index (Phi) is 3.84. The van der Waals surface area contributed by atoms with Crippen molar-refractivity contribution >= 4 is 22.4 Å². The number of aromatic nitrogens is 2. The minimum absolute atomic E-state index is 0.160. The van der Waals surface area contributed by atoms with E-state index < -0.39 is 6.10 Å². The number of benzene rings is 2. The van der Waals surface area contributed by atoms with Crippen LogP contribution in [0.1, 0.15) is 0 Å². The molecule has 1 aliphatic heterocycles. The van der Waals surface area contributed by atoms with E-state index in [1.54, 1.807) is 12.1 Å². The number of rotatable bonds is 3.